The van der Waals surface area contributed by atoms with Gasteiger partial charge in [-0.15, -0.1) is 0 Å². The Morgan fingerprint density at radius 3 is 2.91 bits per heavy atom. The molecule has 2 atom stereocenters. The van der Waals surface area contributed by atoms with Gasteiger partial charge in [-0.3, -0.25) is 4.90 Å². The summed E-state index contributed by atoms with van der Waals surface area (Å²) in [7, 11) is 0. The maximum absolute atomic E-state index is 10.2. The smallest absolute Gasteiger partial charge is 0.0900 e. The van der Waals surface area contributed by atoms with Gasteiger partial charge in [0.15, 0.2) is 0 Å². The van der Waals surface area contributed by atoms with E-state index in [0.29, 0.717) is 19.7 Å². The van der Waals surface area contributed by atoms with E-state index in [0.717, 1.165) is 32.2 Å². The molecule has 0 bridgehead atoms. The molecule has 22 heavy (non-hydrogen) atoms. The standard InChI is InChI=1S/C18H29NO3/c1-2-10-19(11-12-20)13-16(21)14-22-18-9-5-7-15-6-3-4-8-17(15)18/h3-4,6,8,16,18,20-21H,2,5,7,9-14H2,1H3. The van der Waals surface area contributed by atoms with Crippen molar-refractivity contribution < 1.29 is 14.9 Å². The minimum atomic E-state index is -0.507. The Bertz CT molecular complexity index is 432. The molecule has 0 heterocycles. The van der Waals surface area contributed by atoms with Crippen LogP contribution in [0, 0.1) is 0 Å². The first kappa shape index (κ1) is 17.4. The van der Waals surface area contributed by atoms with Crippen molar-refractivity contribution in [1.82, 2.24) is 4.90 Å². The fourth-order valence-corrected chi connectivity index (χ4v) is 3.21. The first-order valence-electron chi connectivity index (χ1n) is 8.45. The van der Waals surface area contributed by atoms with Gasteiger partial charge < -0.3 is 14.9 Å². The zero-order valence-corrected chi connectivity index (χ0v) is 13.6. The van der Waals surface area contributed by atoms with Gasteiger partial charge in [-0.05, 0) is 43.4 Å². The van der Waals surface area contributed by atoms with Crippen molar-refractivity contribution in [2.75, 3.05) is 32.8 Å². The van der Waals surface area contributed by atoms with Gasteiger partial charge in [0.2, 0.25) is 0 Å². The zero-order chi connectivity index (χ0) is 15.8. The number of hydrogen-bond acceptors (Lipinski definition) is 4. The number of rotatable bonds is 9. The van der Waals surface area contributed by atoms with Crippen molar-refractivity contribution >= 4 is 0 Å². The molecule has 4 nitrogen and oxygen atoms in total. The highest BCUT2D eigenvalue weighted by molar-refractivity contribution is 5.31. The Labute approximate surface area is 133 Å². The molecule has 0 radical (unpaired) electrons. The second-order valence-electron chi connectivity index (χ2n) is 6.09. The van der Waals surface area contributed by atoms with Crippen LogP contribution in [0.2, 0.25) is 0 Å². The van der Waals surface area contributed by atoms with Crippen molar-refractivity contribution in [3.63, 3.8) is 0 Å². The van der Waals surface area contributed by atoms with Crippen molar-refractivity contribution in [3.8, 4) is 0 Å². The predicted molar refractivity (Wildman–Crippen MR) is 87.9 cm³/mol. The van der Waals surface area contributed by atoms with Crippen molar-refractivity contribution in [3.05, 3.63) is 35.4 Å². The lowest BCUT2D eigenvalue weighted by atomic mass is 9.89. The first-order valence-corrected chi connectivity index (χ1v) is 8.45. The number of aliphatic hydroxyl groups is 2. The van der Waals surface area contributed by atoms with Gasteiger partial charge in [0.1, 0.15) is 0 Å². The molecule has 2 N–H and O–H groups in total. The van der Waals surface area contributed by atoms with E-state index in [1.807, 2.05) is 0 Å². The average molecular weight is 307 g/mol. The Morgan fingerprint density at radius 2 is 2.14 bits per heavy atom. The van der Waals surface area contributed by atoms with Crippen molar-refractivity contribution in [2.45, 2.75) is 44.8 Å². The molecular weight excluding hydrogens is 278 g/mol. The molecule has 2 rings (SSSR count). The Morgan fingerprint density at radius 1 is 1.32 bits per heavy atom. The van der Waals surface area contributed by atoms with E-state index in [-0.39, 0.29) is 12.7 Å². The lowest BCUT2D eigenvalue weighted by Gasteiger charge is -2.28. The van der Waals surface area contributed by atoms with Gasteiger partial charge in [-0.1, -0.05) is 31.2 Å². The average Bonchev–Trinajstić information content (AvgIpc) is 2.53. The summed E-state index contributed by atoms with van der Waals surface area (Å²) in [6.45, 7) is 4.64. The second kappa shape index (κ2) is 9.26. The van der Waals surface area contributed by atoms with Crippen LogP contribution in [-0.4, -0.2) is 54.1 Å². The number of benzene rings is 1. The molecule has 124 valence electrons. The van der Waals surface area contributed by atoms with Crippen LogP contribution in [0.15, 0.2) is 24.3 Å². The minimum absolute atomic E-state index is 0.108. The maximum Gasteiger partial charge on any atom is 0.0900 e. The number of fused-ring (bicyclic) bond motifs is 1. The molecule has 2 unspecified atom stereocenters. The van der Waals surface area contributed by atoms with Gasteiger partial charge >= 0.3 is 0 Å². The van der Waals surface area contributed by atoms with E-state index >= 15 is 0 Å². The summed E-state index contributed by atoms with van der Waals surface area (Å²) in [5, 5.41) is 19.3. The lowest BCUT2D eigenvalue weighted by Crippen LogP contribution is -2.37. The molecule has 1 aromatic carbocycles. The maximum atomic E-state index is 10.2. The molecular formula is C18H29NO3. The van der Waals surface area contributed by atoms with E-state index in [2.05, 4.69) is 36.1 Å². The molecule has 1 aromatic rings. The van der Waals surface area contributed by atoms with E-state index in [4.69, 9.17) is 9.84 Å². The third kappa shape index (κ3) is 5.06. The largest absolute Gasteiger partial charge is 0.395 e. The van der Waals surface area contributed by atoms with E-state index < -0.39 is 6.10 Å². The van der Waals surface area contributed by atoms with Crippen molar-refractivity contribution in [2.24, 2.45) is 0 Å². The Kier molecular flexibility index (Phi) is 7.33. The molecule has 1 aliphatic carbocycles. The lowest BCUT2D eigenvalue weighted by molar-refractivity contribution is -0.0292. The fourth-order valence-electron chi connectivity index (χ4n) is 3.21. The minimum Gasteiger partial charge on any atom is -0.395 e. The van der Waals surface area contributed by atoms with Crippen LogP contribution in [0.3, 0.4) is 0 Å². The highest BCUT2D eigenvalue weighted by Gasteiger charge is 2.21. The third-order valence-electron chi connectivity index (χ3n) is 4.23. The van der Waals surface area contributed by atoms with E-state index in [9.17, 15) is 5.11 Å². The number of hydrogen-bond donors (Lipinski definition) is 2. The third-order valence-corrected chi connectivity index (χ3v) is 4.23. The SMILES string of the molecule is CCCN(CCO)CC(O)COC1CCCc2ccccc21. The van der Waals surface area contributed by atoms with Gasteiger partial charge in [0.05, 0.1) is 25.4 Å². The molecule has 0 saturated heterocycles. The van der Waals surface area contributed by atoms with Crippen LogP contribution in [0.5, 0.6) is 0 Å². The zero-order valence-electron chi connectivity index (χ0n) is 13.6. The summed E-state index contributed by atoms with van der Waals surface area (Å²) in [6.07, 6.45) is 3.91. The van der Waals surface area contributed by atoms with Gasteiger partial charge in [0.25, 0.3) is 0 Å². The second-order valence-corrected chi connectivity index (χ2v) is 6.09. The summed E-state index contributed by atoms with van der Waals surface area (Å²) >= 11 is 0. The van der Waals surface area contributed by atoms with Gasteiger partial charge in [-0.2, -0.15) is 0 Å². The van der Waals surface area contributed by atoms with Gasteiger partial charge in [0, 0.05) is 13.1 Å². The highest BCUT2D eigenvalue weighted by atomic mass is 16.5. The molecule has 0 aliphatic heterocycles. The molecule has 1 aliphatic rings. The predicted octanol–water partition coefficient (Wildman–Crippen LogP) is 2.15. The molecule has 0 amide bonds. The summed E-state index contributed by atoms with van der Waals surface area (Å²) in [5.41, 5.74) is 2.66. The van der Waals surface area contributed by atoms with E-state index in [1.165, 1.54) is 11.1 Å². The number of ether oxygens (including phenoxy) is 1. The van der Waals surface area contributed by atoms with Gasteiger partial charge in [-0.25, -0.2) is 0 Å². The molecule has 0 fully saturated rings. The van der Waals surface area contributed by atoms with Crippen molar-refractivity contribution in [1.29, 1.82) is 0 Å². The number of aliphatic hydroxyl groups excluding tert-OH is 2. The van der Waals surface area contributed by atoms with Crippen LogP contribution in [0.1, 0.15) is 43.4 Å². The number of nitrogens with zero attached hydrogens (tertiary/aromatic N) is 1. The first-order chi connectivity index (χ1) is 10.7. The molecule has 0 aromatic heterocycles. The normalized spacial score (nSPS) is 19.2. The summed E-state index contributed by atoms with van der Waals surface area (Å²) in [4.78, 5) is 2.09. The molecule has 4 heteroatoms. The van der Waals surface area contributed by atoms with Crippen LogP contribution >= 0.6 is 0 Å². The highest BCUT2D eigenvalue weighted by Crippen LogP contribution is 2.32. The quantitative estimate of drug-likeness (QED) is 0.734. The van der Waals surface area contributed by atoms with Crippen LogP contribution in [0.25, 0.3) is 0 Å². The summed E-state index contributed by atoms with van der Waals surface area (Å²) < 4.78 is 5.99. The number of aryl methyl sites for hydroxylation is 1. The topological polar surface area (TPSA) is 52.9 Å². The van der Waals surface area contributed by atoms with Crippen LogP contribution in [-0.2, 0) is 11.2 Å². The van der Waals surface area contributed by atoms with Crippen LogP contribution < -0.4 is 0 Å². The summed E-state index contributed by atoms with van der Waals surface area (Å²) in [6, 6.07) is 8.45. The molecule has 0 spiro atoms. The van der Waals surface area contributed by atoms with E-state index in [1.54, 1.807) is 0 Å². The molecule has 0 saturated carbocycles. The van der Waals surface area contributed by atoms with Crippen LogP contribution in [0.4, 0.5) is 0 Å². The Hall–Kier alpha value is -0.940. The monoisotopic (exact) mass is 307 g/mol. The summed E-state index contributed by atoms with van der Waals surface area (Å²) in [5.74, 6) is 0. The Balaban J connectivity index is 1.82. The fraction of sp³-hybridized carbons (Fsp3) is 0.667.